The molecular formula is C15H16Cl2N2O3. The van der Waals surface area contributed by atoms with Gasteiger partial charge in [-0.1, -0.05) is 36.5 Å². The molecule has 1 aliphatic heterocycles. The number of amides is 3. The molecule has 1 atom stereocenters. The zero-order chi connectivity index (χ0) is 16.4. The third-order valence-corrected chi connectivity index (χ3v) is 4.16. The summed E-state index contributed by atoms with van der Waals surface area (Å²) >= 11 is 11.7. The molecule has 5 nitrogen and oxygen atoms in total. The van der Waals surface area contributed by atoms with Crippen molar-refractivity contribution in [1.29, 1.82) is 0 Å². The molecule has 3 amide bonds. The minimum Gasteiger partial charge on any atom is -0.352 e. The molecule has 7 heteroatoms. The molecule has 0 radical (unpaired) electrons. The Morgan fingerprint density at radius 3 is 2.14 bits per heavy atom. The second-order valence-electron chi connectivity index (χ2n) is 5.27. The van der Waals surface area contributed by atoms with Crippen molar-refractivity contribution < 1.29 is 14.4 Å². The van der Waals surface area contributed by atoms with Crippen molar-refractivity contribution in [2.24, 2.45) is 0 Å². The first-order chi connectivity index (χ1) is 10.3. The number of carbonyl (C=O) groups excluding carboxylic acids is 3. The van der Waals surface area contributed by atoms with Gasteiger partial charge in [-0.2, -0.15) is 0 Å². The van der Waals surface area contributed by atoms with E-state index in [1.165, 1.54) is 12.1 Å². The van der Waals surface area contributed by atoms with Crippen LogP contribution in [0.1, 0.15) is 47.4 Å². The Hall–Kier alpha value is -1.59. The first kappa shape index (κ1) is 16.8. The van der Waals surface area contributed by atoms with Crippen LogP contribution in [0.25, 0.3) is 0 Å². The number of halogens is 2. The average Bonchev–Trinajstić information content (AvgIpc) is 2.65. The molecule has 0 saturated heterocycles. The van der Waals surface area contributed by atoms with Crippen LogP contribution < -0.4 is 5.32 Å². The van der Waals surface area contributed by atoms with Crippen molar-refractivity contribution in [3.63, 3.8) is 0 Å². The van der Waals surface area contributed by atoms with Gasteiger partial charge >= 0.3 is 0 Å². The molecule has 118 valence electrons. The van der Waals surface area contributed by atoms with Gasteiger partial charge in [-0.15, -0.1) is 0 Å². The third kappa shape index (κ3) is 3.25. The highest BCUT2D eigenvalue weighted by molar-refractivity contribution is 6.43. The fraction of sp³-hybridized carbons (Fsp3) is 0.400. The van der Waals surface area contributed by atoms with Gasteiger partial charge in [-0.05, 0) is 25.5 Å². The Morgan fingerprint density at radius 2 is 1.68 bits per heavy atom. The maximum atomic E-state index is 12.2. The van der Waals surface area contributed by atoms with E-state index in [1.54, 1.807) is 0 Å². The van der Waals surface area contributed by atoms with E-state index in [9.17, 15) is 14.4 Å². The number of imide groups is 1. The van der Waals surface area contributed by atoms with Crippen LogP contribution in [0.5, 0.6) is 0 Å². The van der Waals surface area contributed by atoms with Crippen LogP contribution in [0.15, 0.2) is 12.1 Å². The Kier molecular flexibility index (Phi) is 5.08. The van der Waals surface area contributed by atoms with Crippen LogP contribution in [-0.2, 0) is 4.79 Å². The van der Waals surface area contributed by atoms with E-state index in [1.807, 2.05) is 13.8 Å². The fourth-order valence-electron chi connectivity index (χ4n) is 2.40. The lowest BCUT2D eigenvalue weighted by atomic mass is 10.1. The first-order valence-corrected chi connectivity index (χ1v) is 7.75. The molecule has 0 aliphatic carbocycles. The third-order valence-electron chi connectivity index (χ3n) is 3.44. The van der Waals surface area contributed by atoms with E-state index < -0.39 is 11.8 Å². The van der Waals surface area contributed by atoms with Crippen molar-refractivity contribution in [1.82, 2.24) is 10.2 Å². The highest BCUT2D eigenvalue weighted by Gasteiger charge is 2.37. The summed E-state index contributed by atoms with van der Waals surface area (Å²) in [4.78, 5) is 37.3. The van der Waals surface area contributed by atoms with E-state index in [2.05, 4.69) is 5.32 Å². The lowest BCUT2D eigenvalue weighted by molar-refractivity contribution is -0.122. The summed E-state index contributed by atoms with van der Waals surface area (Å²) in [6.07, 6.45) is 1.77. The molecule has 1 N–H and O–H groups in total. The number of hydrogen-bond donors (Lipinski definition) is 1. The zero-order valence-electron chi connectivity index (χ0n) is 12.3. The summed E-state index contributed by atoms with van der Waals surface area (Å²) in [5, 5.41) is 3.16. The molecule has 1 aromatic carbocycles. The predicted molar refractivity (Wildman–Crippen MR) is 84.3 cm³/mol. The maximum Gasteiger partial charge on any atom is 0.262 e. The highest BCUT2D eigenvalue weighted by Crippen LogP contribution is 2.31. The van der Waals surface area contributed by atoms with Gasteiger partial charge in [-0.3, -0.25) is 19.3 Å². The van der Waals surface area contributed by atoms with Crippen molar-refractivity contribution in [2.75, 3.05) is 6.54 Å². The van der Waals surface area contributed by atoms with E-state index in [4.69, 9.17) is 23.2 Å². The van der Waals surface area contributed by atoms with E-state index in [0.717, 1.165) is 17.7 Å². The second-order valence-corrected chi connectivity index (χ2v) is 6.08. The van der Waals surface area contributed by atoms with Gasteiger partial charge in [0.05, 0.1) is 21.2 Å². The molecule has 0 bridgehead atoms. The van der Waals surface area contributed by atoms with Gasteiger partial charge < -0.3 is 5.32 Å². The summed E-state index contributed by atoms with van der Waals surface area (Å²) in [5.74, 6) is -1.43. The van der Waals surface area contributed by atoms with Crippen LogP contribution in [0.4, 0.5) is 0 Å². The summed E-state index contributed by atoms with van der Waals surface area (Å²) in [5.41, 5.74) is 0.350. The maximum absolute atomic E-state index is 12.2. The molecule has 0 unspecified atom stereocenters. The van der Waals surface area contributed by atoms with Crippen LogP contribution in [0.2, 0.25) is 10.0 Å². The quantitative estimate of drug-likeness (QED) is 0.836. The monoisotopic (exact) mass is 342 g/mol. The minimum atomic E-state index is -0.531. The highest BCUT2D eigenvalue weighted by atomic mass is 35.5. The van der Waals surface area contributed by atoms with Gasteiger partial charge in [0.1, 0.15) is 6.54 Å². The standard InChI is InChI=1S/C15H16Cl2N2O3/c1-3-4-8(2)18-13(20)7-19-14(21)9-5-11(16)12(17)6-10(9)15(19)22/h5-6,8H,3-4,7H2,1-2H3,(H,18,20)/t8-/m1/s1. The molecule has 0 spiro atoms. The lowest BCUT2D eigenvalue weighted by Gasteiger charge is -2.17. The summed E-state index contributed by atoms with van der Waals surface area (Å²) in [6.45, 7) is 3.58. The topological polar surface area (TPSA) is 66.5 Å². The van der Waals surface area contributed by atoms with Crippen LogP contribution in [-0.4, -0.2) is 35.2 Å². The van der Waals surface area contributed by atoms with E-state index >= 15 is 0 Å². The number of benzene rings is 1. The van der Waals surface area contributed by atoms with Gasteiger partial charge in [0.15, 0.2) is 0 Å². The van der Waals surface area contributed by atoms with E-state index in [-0.39, 0.29) is 39.7 Å². The Bertz CT molecular complexity index is 605. The molecular weight excluding hydrogens is 327 g/mol. The smallest absolute Gasteiger partial charge is 0.262 e. The molecule has 22 heavy (non-hydrogen) atoms. The number of carbonyl (C=O) groups is 3. The number of hydrogen-bond acceptors (Lipinski definition) is 3. The average molecular weight is 343 g/mol. The van der Waals surface area contributed by atoms with Crippen LogP contribution in [0.3, 0.4) is 0 Å². The number of nitrogens with zero attached hydrogens (tertiary/aromatic N) is 1. The number of rotatable bonds is 5. The second kappa shape index (κ2) is 6.67. The number of fused-ring (bicyclic) bond motifs is 1. The molecule has 1 heterocycles. The fourth-order valence-corrected chi connectivity index (χ4v) is 2.72. The SMILES string of the molecule is CCC[C@@H](C)NC(=O)CN1C(=O)c2cc(Cl)c(Cl)cc2C1=O. The molecule has 1 aromatic rings. The first-order valence-electron chi connectivity index (χ1n) is 6.99. The molecule has 0 fully saturated rings. The predicted octanol–water partition coefficient (Wildman–Crippen LogP) is 2.89. The van der Waals surface area contributed by atoms with E-state index in [0.29, 0.717) is 0 Å². The van der Waals surface area contributed by atoms with Gasteiger partial charge in [0.25, 0.3) is 11.8 Å². The Morgan fingerprint density at radius 1 is 1.18 bits per heavy atom. The molecule has 0 saturated carbocycles. The minimum absolute atomic E-state index is 0.00317. The van der Waals surface area contributed by atoms with Crippen molar-refractivity contribution in [2.45, 2.75) is 32.7 Å². The van der Waals surface area contributed by atoms with Crippen molar-refractivity contribution >= 4 is 40.9 Å². The molecule has 0 aromatic heterocycles. The largest absolute Gasteiger partial charge is 0.352 e. The molecule has 1 aliphatic rings. The van der Waals surface area contributed by atoms with Crippen LogP contribution in [0, 0.1) is 0 Å². The van der Waals surface area contributed by atoms with Crippen molar-refractivity contribution in [3.8, 4) is 0 Å². The Balaban J connectivity index is 2.13. The number of nitrogens with one attached hydrogen (secondary N) is 1. The van der Waals surface area contributed by atoms with Gasteiger partial charge in [-0.25, -0.2) is 0 Å². The van der Waals surface area contributed by atoms with Gasteiger partial charge in [0.2, 0.25) is 5.91 Å². The Labute approximate surface area is 138 Å². The normalized spacial score (nSPS) is 15.0. The summed E-state index contributed by atoms with van der Waals surface area (Å²) in [7, 11) is 0. The van der Waals surface area contributed by atoms with Gasteiger partial charge in [0, 0.05) is 6.04 Å². The molecule has 2 rings (SSSR count). The summed E-state index contributed by atoms with van der Waals surface area (Å²) < 4.78 is 0. The zero-order valence-corrected chi connectivity index (χ0v) is 13.8. The van der Waals surface area contributed by atoms with Crippen LogP contribution >= 0.6 is 23.2 Å². The van der Waals surface area contributed by atoms with Crippen molar-refractivity contribution in [3.05, 3.63) is 33.3 Å². The summed E-state index contributed by atoms with van der Waals surface area (Å²) in [6, 6.07) is 2.71. The lowest BCUT2D eigenvalue weighted by Crippen LogP contribution is -2.43.